The van der Waals surface area contributed by atoms with Crippen molar-refractivity contribution in [2.45, 2.75) is 50.9 Å². The Morgan fingerprint density at radius 1 is 1.38 bits per heavy atom. The topological polar surface area (TPSA) is 65.9 Å². The molecule has 5 nitrogen and oxygen atoms in total. The molecule has 0 aromatic heterocycles. The highest BCUT2D eigenvalue weighted by atomic mass is 127. The van der Waals surface area contributed by atoms with Crippen molar-refractivity contribution in [2.75, 3.05) is 24.6 Å². The lowest BCUT2D eigenvalue weighted by atomic mass is 9.90. The van der Waals surface area contributed by atoms with Gasteiger partial charge < -0.3 is 20.5 Å². The standard InChI is InChI=1S/C19H29N3O2S.HI/c1-4-20-17(21-12-19(23)9-10-25-13-19)22-15-11-18(2,3)24-16-8-6-5-7-14(15)16;/h5-8,15,23H,4,9-13H2,1-3H3,(H2,20,21,22);1H. The third-order valence-electron chi connectivity index (χ3n) is 4.65. The highest BCUT2D eigenvalue weighted by Crippen LogP contribution is 2.39. The summed E-state index contributed by atoms with van der Waals surface area (Å²) in [6, 6.07) is 8.30. The third-order valence-corrected chi connectivity index (χ3v) is 5.88. The van der Waals surface area contributed by atoms with Crippen molar-refractivity contribution in [1.82, 2.24) is 10.6 Å². The Bertz CT molecular complexity index is 633. The first-order valence-electron chi connectivity index (χ1n) is 9.04. The van der Waals surface area contributed by atoms with E-state index in [1.54, 1.807) is 11.8 Å². The highest BCUT2D eigenvalue weighted by Gasteiger charge is 2.35. The summed E-state index contributed by atoms with van der Waals surface area (Å²) in [4.78, 5) is 4.67. The van der Waals surface area contributed by atoms with Crippen LogP contribution < -0.4 is 15.4 Å². The van der Waals surface area contributed by atoms with Gasteiger partial charge >= 0.3 is 0 Å². The zero-order valence-electron chi connectivity index (χ0n) is 15.7. The van der Waals surface area contributed by atoms with E-state index in [0.717, 1.165) is 48.2 Å². The Labute approximate surface area is 177 Å². The number of halogens is 1. The smallest absolute Gasteiger partial charge is 0.191 e. The molecule has 146 valence electrons. The fourth-order valence-corrected chi connectivity index (χ4v) is 4.65. The van der Waals surface area contributed by atoms with Crippen molar-refractivity contribution in [3.63, 3.8) is 0 Å². The maximum atomic E-state index is 10.6. The molecular weight excluding hydrogens is 461 g/mol. The molecule has 0 amide bonds. The molecule has 0 radical (unpaired) electrons. The van der Waals surface area contributed by atoms with Crippen LogP contribution in [0.3, 0.4) is 0 Å². The molecule has 2 unspecified atom stereocenters. The average Bonchev–Trinajstić information content (AvgIpc) is 2.99. The van der Waals surface area contributed by atoms with Crippen LogP contribution in [-0.2, 0) is 0 Å². The molecule has 2 aliphatic rings. The van der Waals surface area contributed by atoms with E-state index in [9.17, 15) is 5.11 Å². The number of nitrogens with zero attached hydrogens (tertiary/aromatic N) is 1. The molecule has 0 saturated carbocycles. The van der Waals surface area contributed by atoms with E-state index < -0.39 is 5.60 Å². The van der Waals surface area contributed by atoms with Gasteiger partial charge in [-0.25, -0.2) is 0 Å². The number of para-hydroxylation sites is 1. The molecule has 1 saturated heterocycles. The van der Waals surface area contributed by atoms with Crippen molar-refractivity contribution >= 4 is 41.7 Å². The van der Waals surface area contributed by atoms with Gasteiger partial charge in [-0.15, -0.1) is 24.0 Å². The van der Waals surface area contributed by atoms with E-state index in [-0.39, 0.29) is 35.6 Å². The van der Waals surface area contributed by atoms with Gasteiger partial charge in [-0.05, 0) is 39.0 Å². The molecule has 2 atom stereocenters. The first-order chi connectivity index (χ1) is 11.9. The fourth-order valence-electron chi connectivity index (χ4n) is 3.36. The summed E-state index contributed by atoms with van der Waals surface area (Å²) in [5.41, 5.74) is 0.256. The number of hydrogen-bond acceptors (Lipinski definition) is 4. The Kier molecular flexibility index (Phi) is 7.50. The van der Waals surface area contributed by atoms with E-state index >= 15 is 0 Å². The molecule has 7 heteroatoms. The summed E-state index contributed by atoms with van der Waals surface area (Å²) in [5, 5.41) is 17.4. The maximum Gasteiger partial charge on any atom is 0.191 e. The quantitative estimate of drug-likeness (QED) is 0.343. The molecule has 1 fully saturated rings. The molecule has 3 rings (SSSR count). The summed E-state index contributed by atoms with van der Waals surface area (Å²) in [6.07, 6.45) is 1.67. The van der Waals surface area contributed by atoms with Crippen LogP contribution in [0.2, 0.25) is 0 Å². The van der Waals surface area contributed by atoms with Crippen molar-refractivity contribution in [3.05, 3.63) is 29.8 Å². The van der Waals surface area contributed by atoms with Gasteiger partial charge in [-0.2, -0.15) is 11.8 Å². The molecule has 26 heavy (non-hydrogen) atoms. The largest absolute Gasteiger partial charge is 0.487 e. The van der Waals surface area contributed by atoms with Gasteiger partial charge in [0.2, 0.25) is 0 Å². The maximum absolute atomic E-state index is 10.6. The number of nitrogens with one attached hydrogen (secondary N) is 2. The van der Waals surface area contributed by atoms with Gasteiger partial charge in [0.15, 0.2) is 5.96 Å². The number of fused-ring (bicyclic) bond motifs is 1. The predicted molar refractivity (Wildman–Crippen MR) is 120 cm³/mol. The first kappa shape index (κ1) is 21.6. The van der Waals surface area contributed by atoms with Crippen LogP contribution in [0, 0.1) is 0 Å². The molecule has 0 aliphatic carbocycles. The van der Waals surface area contributed by atoms with Crippen LogP contribution in [0.25, 0.3) is 0 Å². The van der Waals surface area contributed by atoms with E-state index in [1.807, 2.05) is 18.2 Å². The molecule has 2 heterocycles. The SMILES string of the molecule is CCNC(=NCC1(O)CCSC1)NC1CC(C)(C)Oc2ccccc21.I. The van der Waals surface area contributed by atoms with Crippen LogP contribution in [-0.4, -0.2) is 46.9 Å². The van der Waals surface area contributed by atoms with Crippen molar-refractivity contribution in [3.8, 4) is 5.75 Å². The van der Waals surface area contributed by atoms with Crippen LogP contribution in [0.1, 0.15) is 45.2 Å². The van der Waals surface area contributed by atoms with E-state index in [1.165, 1.54) is 0 Å². The summed E-state index contributed by atoms with van der Waals surface area (Å²) >= 11 is 1.80. The van der Waals surface area contributed by atoms with E-state index in [4.69, 9.17) is 4.74 Å². The molecule has 1 aromatic rings. The first-order valence-corrected chi connectivity index (χ1v) is 10.2. The number of benzene rings is 1. The van der Waals surface area contributed by atoms with Crippen LogP contribution >= 0.6 is 35.7 Å². The molecular formula is C19H30IN3O2S. The fraction of sp³-hybridized carbons (Fsp3) is 0.632. The summed E-state index contributed by atoms with van der Waals surface area (Å²) < 4.78 is 6.11. The molecule has 2 aliphatic heterocycles. The summed E-state index contributed by atoms with van der Waals surface area (Å²) in [5.74, 6) is 3.46. The minimum absolute atomic E-state index is 0. The number of thioether (sulfide) groups is 1. The van der Waals surface area contributed by atoms with Crippen LogP contribution in [0.5, 0.6) is 5.75 Å². The second kappa shape index (κ2) is 9.01. The second-order valence-corrected chi connectivity index (χ2v) is 8.63. The average molecular weight is 491 g/mol. The van der Waals surface area contributed by atoms with Gasteiger partial charge in [-0.3, -0.25) is 4.99 Å². The summed E-state index contributed by atoms with van der Waals surface area (Å²) in [7, 11) is 0. The monoisotopic (exact) mass is 491 g/mol. The zero-order chi connectivity index (χ0) is 17.9. The van der Waals surface area contributed by atoms with Crippen molar-refractivity contribution in [2.24, 2.45) is 4.99 Å². The predicted octanol–water partition coefficient (Wildman–Crippen LogP) is 3.33. The minimum Gasteiger partial charge on any atom is -0.487 e. The van der Waals surface area contributed by atoms with Gasteiger partial charge in [0.05, 0.1) is 18.2 Å². The lowest BCUT2D eigenvalue weighted by Gasteiger charge is -2.38. The molecule has 3 N–H and O–H groups in total. The number of aliphatic hydroxyl groups is 1. The molecule has 1 aromatic carbocycles. The molecule has 0 spiro atoms. The Morgan fingerprint density at radius 3 is 2.85 bits per heavy atom. The minimum atomic E-state index is -0.667. The third kappa shape index (κ3) is 5.42. The molecule has 0 bridgehead atoms. The second-order valence-electron chi connectivity index (χ2n) is 7.52. The highest BCUT2D eigenvalue weighted by molar-refractivity contribution is 14.0. The Morgan fingerprint density at radius 2 is 2.15 bits per heavy atom. The van der Waals surface area contributed by atoms with Crippen LogP contribution in [0.15, 0.2) is 29.3 Å². The lowest BCUT2D eigenvalue weighted by molar-refractivity contribution is 0.0687. The number of aliphatic imine (C=N–C) groups is 1. The normalized spacial score (nSPS) is 27.1. The van der Waals surface area contributed by atoms with Crippen molar-refractivity contribution in [1.29, 1.82) is 0 Å². The van der Waals surface area contributed by atoms with Gasteiger partial charge in [0.1, 0.15) is 11.4 Å². The van der Waals surface area contributed by atoms with Gasteiger partial charge in [-0.1, -0.05) is 18.2 Å². The van der Waals surface area contributed by atoms with Gasteiger partial charge in [0, 0.05) is 24.3 Å². The van der Waals surface area contributed by atoms with Gasteiger partial charge in [0.25, 0.3) is 0 Å². The number of guanidine groups is 1. The Hall–Kier alpha value is -0.670. The number of rotatable bonds is 4. The number of hydrogen-bond donors (Lipinski definition) is 3. The Balaban J connectivity index is 0.00000243. The van der Waals surface area contributed by atoms with E-state index in [2.05, 4.69) is 42.5 Å². The number of ether oxygens (including phenoxy) is 1. The summed E-state index contributed by atoms with van der Waals surface area (Å²) in [6.45, 7) is 7.50. The van der Waals surface area contributed by atoms with Crippen molar-refractivity contribution < 1.29 is 9.84 Å². The van der Waals surface area contributed by atoms with E-state index in [0.29, 0.717) is 6.54 Å². The zero-order valence-corrected chi connectivity index (χ0v) is 18.9. The lowest BCUT2D eigenvalue weighted by Crippen LogP contribution is -2.46. The van der Waals surface area contributed by atoms with Crippen LogP contribution in [0.4, 0.5) is 0 Å².